The lowest BCUT2D eigenvalue weighted by molar-refractivity contribution is 0.322. The second-order valence-electron chi connectivity index (χ2n) is 18.1. The molecule has 0 spiro atoms. The lowest BCUT2D eigenvalue weighted by Crippen LogP contribution is -2.43. The molecule has 0 aliphatic carbocycles. The van der Waals surface area contributed by atoms with Gasteiger partial charge >= 0.3 is 0 Å². The normalized spacial score (nSPS) is 14.3. The number of anilines is 3. The highest BCUT2D eigenvalue weighted by Crippen LogP contribution is 2.27. The zero-order chi connectivity index (χ0) is 53.7. The number of ether oxygens (including phenoxy) is 1. The van der Waals surface area contributed by atoms with Crippen LogP contribution < -0.4 is 31.3 Å². The standard InChI is InChI=1S/C12H18N2.C11H16N2O.C9H15N3.C9H14N2.C7H15N3.5C2H6/c1-9(2)11-7-6-10-5-3-4-8-13-12(10)14-11;1-8(2)9-4-5-10-11(13-9)12-6-3-7-14-10;1-7(2)8-6-12-5-3-4-10-9(12)11-8;1-7(2)8-6-11-5-3-4-9(11)10-8;1-6(2)10-7-8-4-3-5-9-7;5*1-2/h6-7,9H,3-5,8H2,1-2H3,(H,13,14);4-5,8H,3,6-7H2,1-2H3,(H,12,13);6-7H,3-5H2,1-2H3,(H,10,11);6-7H,3-5H2,1-2H3;6H,3-5H2,1-2H3,(H2,8,9,10);5*1-2H3. The van der Waals surface area contributed by atoms with Crippen LogP contribution in [0, 0.1) is 0 Å². The van der Waals surface area contributed by atoms with E-state index in [1.807, 2.05) is 81.4 Å². The predicted molar refractivity (Wildman–Crippen MR) is 311 cm³/mol. The molecular weight excluding hydrogens is 881 g/mol. The summed E-state index contributed by atoms with van der Waals surface area (Å²) in [6.45, 7) is 49.8. The Bertz CT molecular complexity index is 1830. The van der Waals surface area contributed by atoms with Gasteiger partial charge in [0, 0.05) is 82.1 Å². The maximum atomic E-state index is 5.56. The van der Waals surface area contributed by atoms with Crippen molar-refractivity contribution in [1.29, 1.82) is 0 Å². The van der Waals surface area contributed by atoms with E-state index < -0.39 is 0 Å². The van der Waals surface area contributed by atoms with E-state index in [9.17, 15) is 0 Å². The molecule has 0 saturated carbocycles. The van der Waals surface area contributed by atoms with Gasteiger partial charge in [-0.3, -0.25) is 4.99 Å². The van der Waals surface area contributed by atoms with Gasteiger partial charge in [0.05, 0.1) is 18.0 Å². The summed E-state index contributed by atoms with van der Waals surface area (Å²) in [6.07, 6.45) is 13.9. The van der Waals surface area contributed by atoms with Crippen LogP contribution in [0.5, 0.6) is 5.75 Å². The lowest BCUT2D eigenvalue weighted by atomic mass is 10.1. The summed E-state index contributed by atoms with van der Waals surface area (Å²) in [4.78, 5) is 22.5. The summed E-state index contributed by atoms with van der Waals surface area (Å²) in [6, 6.07) is 8.92. The fourth-order valence-corrected chi connectivity index (χ4v) is 7.25. The van der Waals surface area contributed by atoms with Gasteiger partial charge in [0.1, 0.15) is 11.6 Å². The second-order valence-corrected chi connectivity index (χ2v) is 18.1. The van der Waals surface area contributed by atoms with Crippen molar-refractivity contribution in [3.63, 3.8) is 0 Å². The van der Waals surface area contributed by atoms with E-state index in [1.54, 1.807) is 0 Å². The Kier molecular flexibility index (Phi) is 37.1. The van der Waals surface area contributed by atoms with Crippen LogP contribution in [-0.2, 0) is 25.9 Å². The SMILES string of the molecule is CC.CC.CC.CC.CC.CC(C)NC1=NCCCN1.CC(C)c1ccc2c(n1)NCCCC2.CC(C)c1ccc2c(n1)NCCCO2.CC(C)c1cn2c(n1)CCC2.CC(C)c1cn2c(n1)NCCC2. The summed E-state index contributed by atoms with van der Waals surface area (Å²) in [5.74, 6) is 8.28. The highest BCUT2D eigenvalue weighted by molar-refractivity contribution is 5.80. The number of aryl methyl sites for hydroxylation is 4. The van der Waals surface area contributed by atoms with E-state index in [0.717, 1.165) is 93.7 Å². The zero-order valence-electron chi connectivity index (χ0n) is 49.2. The van der Waals surface area contributed by atoms with Gasteiger partial charge in [0.2, 0.25) is 5.95 Å². The average Bonchev–Trinajstić information content (AvgIpc) is 4.05. The summed E-state index contributed by atoms with van der Waals surface area (Å²) < 4.78 is 10.1. The van der Waals surface area contributed by atoms with Crippen molar-refractivity contribution in [2.45, 2.75) is 233 Å². The number of fused-ring (bicyclic) bond motifs is 4. The minimum absolute atomic E-state index is 0.463. The third-order valence-electron chi connectivity index (χ3n) is 10.9. The van der Waals surface area contributed by atoms with Crippen molar-refractivity contribution in [3.05, 3.63) is 70.8 Å². The second kappa shape index (κ2) is 39.8. The summed E-state index contributed by atoms with van der Waals surface area (Å²) in [5, 5.41) is 16.4. The molecule has 4 aromatic heterocycles. The zero-order valence-corrected chi connectivity index (χ0v) is 49.2. The first-order valence-electron chi connectivity index (χ1n) is 28.4. The summed E-state index contributed by atoms with van der Waals surface area (Å²) in [7, 11) is 0. The van der Waals surface area contributed by atoms with Gasteiger partial charge in [-0.1, -0.05) is 131 Å². The molecule has 0 amide bonds. The molecule has 0 atom stereocenters. The van der Waals surface area contributed by atoms with Crippen LogP contribution in [0.2, 0.25) is 0 Å². The first-order valence-corrected chi connectivity index (χ1v) is 28.4. The summed E-state index contributed by atoms with van der Waals surface area (Å²) >= 11 is 0. The van der Waals surface area contributed by atoms with Gasteiger partial charge in [-0.15, -0.1) is 0 Å². The van der Waals surface area contributed by atoms with Crippen LogP contribution >= 0.6 is 0 Å². The minimum atomic E-state index is 0.463. The van der Waals surface area contributed by atoms with Crippen LogP contribution in [0.3, 0.4) is 0 Å². The van der Waals surface area contributed by atoms with Gasteiger partial charge in [0.15, 0.2) is 17.5 Å². The molecule has 0 bridgehead atoms. The molecule has 5 aliphatic rings. The maximum Gasteiger partial charge on any atom is 0.203 e. The fraction of sp³-hybridized carbons (Fsp3) is 0.707. The van der Waals surface area contributed by atoms with E-state index in [4.69, 9.17) is 4.74 Å². The van der Waals surface area contributed by atoms with E-state index in [0.29, 0.717) is 29.7 Å². The van der Waals surface area contributed by atoms with Crippen molar-refractivity contribution in [2.24, 2.45) is 4.99 Å². The molecule has 13 nitrogen and oxygen atoms in total. The molecule has 0 aromatic carbocycles. The number of hydrogen-bond acceptors (Lipinski definition) is 11. The number of nitrogens with zero attached hydrogens (tertiary/aromatic N) is 7. The first kappa shape index (κ1) is 66.2. The molecule has 5 N–H and O–H groups in total. The molecule has 0 saturated heterocycles. The van der Waals surface area contributed by atoms with E-state index in [1.165, 1.54) is 73.5 Å². The van der Waals surface area contributed by atoms with Crippen LogP contribution in [-0.4, -0.2) is 80.4 Å². The molecule has 13 heteroatoms. The van der Waals surface area contributed by atoms with E-state index in [-0.39, 0.29) is 0 Å². The Hall–Kier alpha value is -4.81. The third-order valence-corrected chi connectivity index (χ3v) is 10.9. The fourth-order valence-electron chi connectivity index (χ4n) is 7.25. The smallest absolute Gasteiger partial charge is 0.203 e. The number of hydrogen-bond donors (Lipinski definition) is 5. The third kappa shape index (κ3) is 24.9. The Balaban J connectivity index is 0.000000828. The van der Waals surface area contributed by atoms with Gasteiger partial charge in [-0.05, 0) is 106 Å². The quantitative estimate of drug-likeness (QED) is 0.131. The predicted octanol–water partition coefficient (Wildman–Crippen LogP) is 14.6. The summed E-state index contributed by atoms with van der Waals surface area (Å²) in [5.41, 5.74) is 6.13. The average molecular weight is 990 g/mol. The van der Waals surface area contributed by atoms with E-state index >= 15 is 0 Å². The topological polar surface area (TPSA) is 143 Å². The molecule has 0 fully saturated rings. The maximum absolute atomic E-state index is 5.56. The van der Waals surface area contributed by atoms with Crippen molar-refractivity contribution in [2.75, 3.05) is 55.3 Å². The molecule has 9 rings (SSSR count). The van der Waals surface area contributed by atoms with Gasteiger partial charge < -0.3 is 40.5 Å². The van der Waals surface area contributed by atoms with Crippen molar-refractivity contribution in [1.82, 2.24) is 39.7 Å². The van der Waals surface area contributed by atoms with Gasteiger partial charge in [-0.25, -0.2) is 19.9 Å². The number of rotatable bonds is 5. The van der Waals surface area contributed by atoms with Crippen LogP contribution in [0.4, 0.5) is 17.6 Å². The Morgan fingerprint density at radius 1 is 0.493 bits per heavy atom. The Morgan fingerprint density at radius 3 is 1.61 bits per heavy atom. The number of nitrogens with one attached hydrogen (secondary N) is 5. The molecule has 0 radical (unpaired) electrons. The van der Waals surface area contributed by atoms with Crippen molar-refractivity contribution in [3.8, 4) is 5.75 Å². The highest BCUT2D eigenvalue weighted by Gasteiger charge is 2.16. The monoisotopic (exact) mass is 989 g/mol. The Labute approximate surface area is 435 Å². The number of guanidine groups is 1. The Morgan fingerprint density at radius 2 is 1.03 bits per heavy atom. The van der Waals surface area contributed by atoms with Crippen LogP contribution in [0.1, 0.15) is 235 Å². The van der Waals surface area contributed by atoms with Crippen molar-refractivity contribution >= 4 is 23.5 Å². The molecule has 9 heterocycles. The molecule has 406 valence electrons. The number of aromatic nitrogens is 6. The highest BCUT2D eigenvalue weighted by atomic mass is 16.5. The minimum Gasteiger partial charge on any atom is -0.490 e. The van der Waals surface area contributed by atoms with Crippen LogP contribution in [0.15, 0.2) is 41.7 Å². The molecule has 4 aromatic rings. The van der Waals surface area contributed by atoms with Gasteiger partial charge in [0.25, 0.3) is 0 Å². The molecule has 0 unspecified atom stereocenters. The molecular formula is C58H108N12O. The number of pyridine rings is 2. The lowest BCUT2D eigenvalue weighted by Gasteiger charge is -2.17. The largest absolute Gasteiger partial charge is 0.490 e. The number of imidazole rings is 2. The molecule has 71 heavy (non-hydrogen) atoms. The first-order chi connectivity index (χ1) is 34.4. The van der Waals surface area contributed by atoms with Gasteiger partial charge in [-0.2, -0.15) is 0 Å². The number of aliphatic imine (C=N–C) groups is 1. The van der Waals surface area contributed by atoms with E-state index in [2.05, 4.69) is 154 Å². The van der Waals surface area contributed by atoms with Crippen LogP contribution in [0.25, 0.3) is 0 Å². The molecule has 5 aliphatic heterocycles. The van der Waals surface area contributed by atoms with Crippen molar-refractivity contribution < 1.29 is 4.74 Å².